The summed E-state index contributed by atoms with van der Waals surface area (Å²) in [6.45, 7) is 1.86. The number of aromatic nitrogens is 2. The van der Waals surface area contributed by atoms with Crippen LogP contribution in [-0.4, -0.2) is 18.3 Å². The number of sulfonamides is 1. The van der Waals surface area contributed by atoms with Crippen LogP contribution in [0.1, 0.15) is 17.7 Å². The van der Waals surface area contributed by atoms with E-state index in [1.54, 1.807) is 24.3 Å². The molecule has 0 atom stereocenters. The molecule has 5 nitrogen and oxygen atoms in total. The minimum absolute atomic E-state index is 0.0207. The van der Waals surface area contributed by atoms with Gasteiger partial charge in [-0.2, -0.15) is 23.1 Å². The summed E-state index contributed by atoms with van der Waals surface area (Å²) in [5.41, 5.74) is 0.724. The van der Waals surface area contributed by atoms with Gasteiger partial charge in [0.15, 0.2) is 0 Å². The van der Waals surface area contributed by atoms with E-state index in [0.29, 0.717) is 4.88 Å². The Hall–Kier alpha value is -2.26. The van der Waals surface area contributed by atoms with Crippen molar-refractivity contribution in [3.8, 4) is 10.6 Å². The second-order valence-electron chi connectivity index (χ2n) is 5.06. The number of rotatable bonds is 5. The topological polar surface area (TPSA) is 64.0 Å². The van der Waals surface area contributed by atoms with Crippen LogP contribution >= 0.6 is 11.3 Å². The maximum atomic E-state index is 13.0. The maximum absolute atomic E-state index is 13.0. The van der Waals surface area contributed by atoms with Crippen molar-refractivity contribution in [2.24, 2.45) is 0 Å². The van der Waals surface area contributed by atoms with Crippen LogP contribution in [0.3, 0.4) is 0 Å². The number of thiophene rings is 1. The fourth-order valence-corrected chi connectivity index (χ4v) is 3.97. The summed E-state index contributed by atoms with van der Waals surface area (Å²) in [5.74, 6) is 0. The molecule has 0 saturated heterocycles. The molecule has 3 rings (SSSR count). The first-order chi connectivity index (χ1) is 11.4. The molecule has 0 aliphatic carbocycles. The predicted octanol–water partition coefficient (Wildman–Crippen LogP) is 3.79. The van der Waals surface area contributed by atoms with Gasteiger partial charge in [0.05, 0.1) is 9.77 Å². The van der Waals surface area contributed by atoms with Crippen LogP contribution in [0.25, 0.3) is 10.6 Å². The Labute approximate surface area is 141 Å². The van der Waals surface area contributed by atoms with E-state index in [9.17, 15) is 17.2 Å². The number of alkyl halides is 2. The molecule has 0 unspecified atom stereocenters. The Morgan fingerprint density at radius 1 is 1.21 bits per heavy atom. The van der Waals surface area contributed by atoms with Crippen LogP contribution < -0.4 is 4.83 Å². The lowest BCUT2D eigenvalue weighted by atomic mass is 10.3. The normalized spacial score (nSPS) is 11.8. The van der Waals surface area contributed by atoms with Crippen LogP contribution in [-0.2, 0) is 10.0 Å². The zero-order valence-corrected chi connectivity index (χ0v) is 14.1. The monoisotopic (exact) mass is 369 g/mol. The van der Waals surface area contributed by atoms with E-state index in [2.05, 4.69) is 9.93 Å². The van der Waals surface area contributed by atoms with E-state index >= 15 is 0 Å². The first-order valence-corrected chi connectivity index (χ1v) is 9.24. The third-order valence-electron chi connectivity index (χ3n) is 3.19. The lowest BCUT2D eigenvalue weighted by Crippen LogP contribution is -2.25. The summed E-state index contributed by atoms with van der Waals surface area (Å²) in [5, 5.41) is 5.54. The van der Waals surface area contributed by atoms with Gasteiger partial charge < -0.3 is 0 Å². The summed E-state index contributed by atoms with van der Waals surface area (Å²) >= 11 is 1.32. The minimum Gasteiger partial charge on any atom is -0.203 e. The Morgan fingerprint density at radius 3 is 2.50 bits per heavy atom. The number of hydrogen-bond donors (Lipinski definition) is 1. The van der Waals surface area contributed by atoms with E-state index in [-0.39, 0.29) is 10.6 Å². The molecule has 0 radical (unpaired) electrons. The first kappa shape index (κ1) is 16.6. The highest BCUT2D eigenvalue weighted by atomic mass is 32.2. The standard InChI is InChI=1S/C15H13F2N3O2S2/c1-10-7-14(23-9-10)13-8-12(15(16)17)18-20(13)19-24(21,22)11-5-3-2-4-6-11/h2-9,15,19H,1H3. The van der Waals surface area contributed by atoms with Crippen molar-refractivity contribution in [1.82, 2.24) is 9.89 Å². The average Bonchev–Trinajstić information content (AvgIpc) is 3.14. The molecule has 0 aliphatic rings. The predicted molar refractivity (Wildman–Crippen MR) is 88.2 cm³/mol. The lowest BCUT2D eigenvalue weighted by molar-refractivity contribution is 0.145. The quantitative estimate of drug-likeness (QED) is 0.744. The molecule has 0 saturated carbocycles. The molecule has 0 spiro atoms. The number of hydrogen-bond acceptors (Lipinski definition) is 4. The van der Waals surface area contributed by atoms with Gasteiger partial charge in [-0.25, -0.2) is 8.78 Å². The third kappa shape index (κ3) is 3.31. The summed E-state index contributed by atoms with van der Waals surface area (Å²) in [6, 6.07) is 10.6. The van der Waals surface area contributed by atoms with Gasteiger partial charge in [0.2, 0.25) is 0 Å². The molecule has 9 heteroatoms. The van der Waals surface area contributed by atoms with Gasteiger partial charge in [-0.15, -0.1) is 11.3 Å². The van der Waals surface area contributed by atoms with Crippen LogP contribution in [0, 0.1) is 6.92 Å². The molecule has 0 amide bonds. The summed E-state index contributed by atoms with van der Waals surface area (Å²) < 4.78 is 50.8. The molecule has 0 bridgehead atoms. The Balaban J connectivity index is 2.04. The second-order valence-corrected chi connectivity index (χ2v) is 7.64. The second kappa shape index (κ2) is 6.33. The zero-order chi connectivity index (χ0) is 17.3. The Morgan fingerprint density at radius 2 is 1.92 bits per heavy atom. The molecule has 3 aromatic rings. The zero-order valence-electron chi connectivity index (χ0n) is 12.5. The van der Waals surface area contributed by atoms with Crippen molar-refractivity contribution in [2.75, 3.05) is 4.83 Å². The lowest BCUT2D eigenvalue weighted by Gasteiger charge is -2.10. The molecule has 1 aromatic carbocycles. The van der Waals surface area contributed by atoms with Gasteiger partial charge in [0, 0.05) is 0 Å². The average molecular weight is 369 g/mol. The van der Waals surface area contributed by atoms with E-state index in [1.807, 2.05) is 12.3 Å². The minimum atomic E-state index is -3.94. The van der Waals surface area contributed by atoms with Gasteiger partial charge in [-0.1, -0.05) is 18.2 Å². The van der Waals surface area contributed by atoms with Crippen molar-refractivity contribution in [2.45, 2.75) is 18.2 Å². The number of aryl methyl sites for hydroxylation is 1. The molecular formula is C15H13F2N3O2S2. The number of nitrogens with zero attached hydrogens (tertiary/aromatic N) is 2. The van der Waals surface area contributed by atoms with Gasteiger partial charge in [-0.3, -0.25) is 0 Å². The van der Waals surface area contributed by atoms with E-state index in [1.165, 1.54) is 29.5 Å². The van der Waals surface area contributed by atoms with Crippen molar-refractivity contribution in [3.05, 3.63) is 59.1 Å². The van der Waals surface area contributed by atoms with Gasteiger partial charge in [0.25, 0.3) is 16.4 Å². The van der Waals surface area contributed by atoms with Crippen LogP contribution in [0.2, 0.25) is 0 Å². The summed E-state index contributed by atoms with van der Waals surface area (Å²) in [4.78, 5) is 3.78. The molecule has 0 aliphatic heterocycles. The highest BCUT2D eigenvalue weighted by molar-refractivity contribution is 7.92. The summed E-state index contributed by atoms with van der Waals surface area (Å²) in [7, 11) is -3.94. The van der Waals surface area contributed by atoms with Crippen LogP contribution in [0.4, 0.5) is 8.78 Å². The fraction of sp³-hybridized carbons (Fsp3) is 0.133. The molecule has 24 heavy (non-hydrogen) atoms. The third-order valence-corrected chi connectivity index (χ3v) is 5.57. The van der Waals surface area contributed by atoms with E-state index in [4.69, 9.17) is 0 Å². The van der Waals surface area contributed by atoms with Crippen molar-refractivity contribution >= 4 is 21.4 Å². The number of nitrogens with one attached hydrogen (secondary N) is 1. The van der Waals surface area contributed by atoms with Gasteiger partial charge in [-0.05, 0) is 42.1 Å². The Kier molecular flexibility index (Phi) is 4.37. The highest BCUT2D eigenvalue weighted by Gasteiger charge is 2.21. The largest absolute Gasteiger partial charge is 0.282 e. The molecular weight excluding hydrogens is 356 g/mol. The van der Waals surface area contributed by atoms with E-state index < -0.39 is 22.1 Å². The smallest absolute Gasteiger partial charge is 0.203 e. The molecule has 1 N–H and O–H groups in total. The van der Waals surface area contributed by atoms with Crippen molar-refractivity contribution < 1.29 is 17.2 Å². The van der Waals surface area contributed by atoms with Gasteiger partial charge in [0.1, 0.15) is 11.4 Å². The molecule has 0 fully saturated rings. The molecule has 126 valence electrons. The van der Waals surface area contributed by atoms with Crippen LogP contribution in [0.5, 0.6) is 0 Å². The maximum Gasteiger partial charge on any atom is 0.282 e. The van der Waals surface area contributed by atoms with Crippen molar-refractivity contribution in [3.63, 3.8) is 0 Å². The number of benzene rings is 1. The fourth-order valence-electron chi connectivity index (χ4n) is 2.08. The Bertz CT molecular complexity index is 950. The van der Waals surface area contributed by atoms with Gasteiger partial charge >= 0.3 is 0 Å². The molecule has 2 heterocycles. The SMILES string of the molecule is Cc1csc(-c2cc(C(F)F)nn2NS(=O)(=O)c2ccccc2)c1. The van der Waals surface area contributed by atoms with Crippen molar-refractivity contribution in [1.29, 1.82) is 0 Å². The highest BCUT2D eigenvalue weighted by Crippen LogP contribution is 2.30. The van der Waals surface area contributed by atoms with E-state index in [0.717, 1.165) is 10.4 Å². The number of halogens is 2. The molecule has 2 aromatic heterocycles. The van der Waals surface area contributed by atoms with Crippen LogP contribution in [0.15, 0.2) is 52.7 Å². The summed E-state index contributed by atoms with van der Waals surface area (Å²) in [6.07, 6.45) is -2.80. The first-order valence-electron chi connectivity index (χ1n) is 6.88.